The average Bonchev–Trinajstić information content (AvgIpc) is 3.38. The molecule has 0 saturated carbocycles. The van der Waals surface area contributed by atoms with Gasteiger partial charge in [-0.1, -0.05) is 12.1 Å². The number of amides is 1. The van der Waals surface area contributed by atoms with Crippen LogP contribution in [0.15, 0.2) is 54.7 Å². The van der Waals surface area contributed by atoms with E-state index in [1.54, 1.807) is 0 Å². The number of aromatic amines is 1. The number of carbonyl (C=O) groups excluding carboxylic acids is 1. The van der Waals surface area contributed by atoms with Gasteiger partial charge in [0.15, 0.2) is 0 Å². The van der Waals surface area contributed by atoms with Gasteiger partial charge in [0.25, 0.3) is 5.91 Å². The van der Waals surface area contributed by atoms with Crippen molar-refractivity contribution in [2.75, 3.05) is 11.9 Å². The van der Waals surface area contributed by atoms with Crippen LogP contribution in [0.1, 0.15) is 36.1 Å². The quantitative estimate of drug-likeness (QED) is 0.494. The molecule has 0 radical (unpaired) electrons. The van der Waals surface area contributed by atoms with Gasteiger partial charge in [-0.15, -0.1) is 0 Å². The largest absolute Gasteiger partial charge is 0.494 e. The van der Waals surface area contributed by atoms with Crippen LogP contribution in [0.4, 0.5) is 5.69 Å². The third-order valence-corrected chi connectivity index (χ3v) is 5.50. The van der Waals surface area contributed by atoms with Gasteiger partial charge in [0.05, 0.1) is 12.3 Å². The van der Waals surface area contributed by atoms with Crippen molar-refractivity contribution in [2.24, 2.45) is 0 Å². The Kier molecular flexibility index (Phi) is 4.75. The number of H-pyrrole nitrogens is 1. The lowest BCUT2D eigenvalue weighted by Gasteiger charge is -2.11. The van der Waals surface area contributed by atoms with E-state index in [2.05, 4.69) is 21.1 Å². The highest BCUT2D eigenvalue weighted by molar-refractivity contribution is 6.06. The lowest BCUT2D eigenvalue weighted by atomic mass is 10.1. The molecule has 6 heteroatoms. The highest BCUT2D eigenvalue weighted by atomic mass is 16.5. The Bertz CT molecular complexity index is 1180. The number of imidazole rings is 1. The molecule has 152 valence electrons. The van der Waals surface area contributed by atoms with Crippen LogP contribution < -0.4 is 10.1 Å². The van der Waals surface area contributed by atoms with Gasteiger partial charge in [0.2, 0.25) is 0 Å². The molecule has 2 aromatic heterocycles. The zero-order chi connectivity index (χ0) is 20.5. The zero-order valence-electron chi connectivity index (χ0n) is 16.9. The van der Waals surface area contributed by atoms with Crippen LogP contribution in [0, 0.1) is 0 Å². The molecule has 0 unspecified atom stereocenters. The van der Waals surface area contributed by atoms with Gasteiger partial charge in [-0.25, -0.2) is 4.98 Å². The van der Waals surface area contributed by atoms with Crippen molar-refractivity contribution in [1.82, 2.24) is 14.5 Å². The van der Waals surface area contributed by atoms with Crippen molar-refractivity contribution in [1.29, 1.82) is 0 Å². The predicted octanol–water partition coefficient (Wildman–Crippen LogP) is 5.02. The maximum Gasteiger partial charge on any atom is 0.272 e. The third kappa shape index (κ3) is 3.56. The number of nitrogens with one attached hydrogen (secondary N) is 2. The highest BCUT2D eigenvalue weighted by Gasteiger charge is 2.14. The maximum atomic E-state index is 12.7. The standard InChI is InChI=1S/C24H24N4O2/c1-2-30-19-11-8-17-13-21(26-20(17)14-19)24(29)25-18-9-6-16(7-10-18)22-15-28-12-4-3-5-23(28)27-22/h6-11,13-15,26H,2-5,12H2,1H3,(H,25,29). The van der Waals surface area contributed by atoms with Crippen LogP contribution in [-0.2, 0) is 13.0 Å². The fourth-order valence-electron chi connectivity index (χ4n) is 3.96. The Hall–Kier alpha value is -3.54. The van der Waals surface area contributed by atoms with E-state index in [-0.39, 0.29) is 5.91 Å². The molecule has 0 bridgehead atoms. The molecule has 1 aliphatic heterocycles. The molecule has 4 aromatic rings. The van der Waals surface area contributed by atoms with Gasteiger partial charge in [0.1, 0.15) is 17.3 Å². The van der Waals surface area contributed by atoms with E-state index in [0.29, 0.717) is 12.3 Å². The van der Waals surface area contributed by atoms with Crippen LogP contribution >= 0.6 is 0 Å². The fraction of sp³-hybridized carbons (Fsp3) is 0.250. The van der Waals surface area contributed by atoms with E-state index in [1.165, 1.54) is 18.7 Å². The second kappa shape index (κ2) is 7.71. The van der Waals surface area contributed by atoms with E-state index < -0.39 is 0 Å². The van der Waals surface area contributed by atoms with E-state index in [1.807, 2.05) is 55.5 Å². The first kappa shape index (κ1) is 18.5. The molecule has 5 rings (SSSR count). The summed E-state index contributed by atoms with van der Waals surface area (Å²) in [4.78, 5) is 20.6. The highest BCUT2D eigenvalue weighted by Crippen LogP contribution is 2.25. The Morgan fingerprint density at radius 1 is 1.17 bits per heavy atom. The number of ether oxygens (including phenoxy) is 1. The Labute approximate surface area is 174 Å². The molecule has 6 nitrogen and oxygen atoms in total. The van der Waals surface area contributed by atoms with Crippen molar-refractivity contribution < 1.29 is 9.53 Å². The first-order valence-electron chi connectivity index (χ1n) is 10.4. The fourth-order valence-corrected chi connectivity index (χ4v) is 3.96. The molecule has 2 N–H and O–H groups in total. The van der Waals surface area contributed by atoms with E-state index in [0.717, 1.165) is 46.6 Å². The Morgan fingerprint density at radius 3 is 2.83 bits per heavy atom. The van der Waals surface area contributed by atoms with Gasteiger partial charge in [0, 0.05) is 47.4 Å². The Morgan fingerprint density at radius 2 is 2.03 bits per heavy atom. The van der Waals surface area contributed by atoms with Gasteiger partial charge in [-0.05, 0) is 50.1 Å². The molecule has 1 amide bonds. The first-order valence-corrected chi connectivity index (χ1v) is 10.4. The van der Waals surface area contributed by atoms with Crippen molar-refractivity contribution in [3.63, 3.8) is 0 Å². The lowest BCUT2D eigenvalue weighted by molar-refractivity contribution is 0.102. The average molecular weight is 400 g/mol. The van der Waals surface area contributed by atoms with Crippen molar-refractivity contribution in [2.45, 2.75) is 32.7 Å². The molecule has 2 aromatic carbocycles. The van der Waals surface area contributed by atoms with Crippen LogP contribution in [0.5, 0.6) is 5.75 Å². The van der Waals surface area contributed by atoms with Crippen molar-refractivity contribution in [3.05, 3.63) is 66.2 Å². The number of carbonyl (C=O) groups is 1. The lowest BCUT2D eigenvalue weighted by Crippen LogP contribution is -2.12. The van der Waals surface area contributed by atoms with Crippen LogP contribution in [0.3, 0.4) is 0 Å². The number of anilines is 1. The number of benzene rings is 2. The van der Waals surface area contributed by atoms with E-state index in [9.17, 15) is 4.79 Å². The molecule has 30 heavy (non-hydrogen) atoms. The SMILES string of the molecule is CCOc1ccc2cc(C(=O)Nc3ccc(-c4cn5c(n4)CCCC5)cc3)[nH]c2c1. The maximum absolute atomic E-state index is 12.7. The molecule has 1 aliphatic rings. The number of aromatic nitrogens is 3. The second-order valence-electron chi connectivity index (χ2n) is 7.59. The minimum Gasteiger partial charge on any atom is -0.494 e. The molecule has 3 heterocycles. The Balaban J connectivity index is 1.31. The molecule has 0 aliphatic carbocycles. The summed E-state index contributed by atoms with van der Waals surface area (Å²) in [5, 5.41) is 3.93. The minimum atomic E-state index is -0.172. The number of hydrogen-bond donors (Lipinski definition) is 2. The molecule has 0 fully saturated rings. The number of nitrogens with zero attached hydrogens (tertiary/aromatic N) is 2. The van der Waals surface area contributed by atoms with Gasteiger partial charge in [-0.3, -0.25) is 4.79 Å². The summed E-state index contributed by atoms with van der Waals surface area (Å²) < 4.78 is 7.78. The summed E-state index contributed by atoms with van der Waals surface area (Å²) in [6.45, 7) is 3.61. The summed E-state index contributed by atoms with van der Waals surface area (Å²) >= 11 is 0. The number of rotatable bonds is 5. The minimum absolute atomic E-state index is 0.172. The summed E-state index contributed by atoms with van der Waals surface area (Å²) in [7, 11) is 0. The smallest absolute Gasteiger partial charge is 0.272 e. The monoisotopic (exact) mass is 400 g/mol. The number of hydrogen-bond acceptors (Lipinski definition) is 3. The molecule has 0 spiro atoms. The predicted molar refractivity (Wildman–Crippen MR) is 118 cm³/mol. The van der Waals surface area contributed by atoms with Gasteiger partial charge >= 0.3 is 0 Å². The van der Waals surface area contributed by atoms with Crippen molar-refractivity contribution >= 4 is 22.5 Å². The number of fused-ring (bicyclic) bond motifs is 2. The second-order valence-corrected chi connectivity index (χ2v) is 7.59. The van der Waals surface area contributed by atoms with Crippen LogP contribution in [0.2, 0.25) is 0 Å². The third-order valence-electron chi connectivity index (χ3n) is 5.50. The van der Waals surface area contributed by atoms with E-state index in [4.69, 9.17) is 9.72 Å². The molecule has 0 saturated heterocycles. The summed E-state index contributed by atoms with van der Waals surface area (Å²) in [6, 6.07) is 15.5. The molecular weight excluding hydrogens is 376 g/mol. The molecular formula is C24H24N4O2. The van der Waals surface area contributed by atoms with Crippen molar-refractivity contribution in [3.8, 4) is 17.0 Å². The summed E-state index contributed by atoms with van der Waals surface area (Å²) in [5.41, 5.74) is 4.20. The topological polar surface area (TPSA) is 71.9 Å². The van der Waals surface area contributed by atoms with Gasteiger partial charge < -0.3 is 19.6 Å². The summed E-state index contributed by atoms with van der Waals surface area (Å²) in [6.07, 6.45) is 5.60. The molecule has 0 atom stereocenters. The van der Waals surface area contributed by atoms with Crippen LogP contribution in [-0.4, -0.2) is 27.0 Å². The number of aryl methyl sites for hydroxylation is 2. The van der Waals surface area contributed by atoms with Gasteiger partial charge in [-0.2, -0.15) is 0 Å². The van der Waals surface area contributed by atoms with E-state index >= 15 is 0 Å². The first-order chi connectivity index (χ1) is 14.7. The zero-order valence-corrected chi connectivity index (χ0v) is 16.9. The summed E-state index contributed by atoms with van der Waals surface area (Å²) in [5.74, 6) is 1.78. The normalized spacial score (nSPS) is 13.2. The van der Waals surface area contributed by atoms with Crippen LogP contribution in [0.25, 0.3) is 22.2 Å².